The van der Waals surface area contributed by atoms with Crippen LogP contribution in [-0.2, 0) is 14.3 Å². The molecule has 0 unspecified atom stereocenters. The van der Waals surface area contributed by atoms with E-state index in [0.29, 0.717) is 0 Å². The second-order valence-corrected chi connectivity index (χ2v) is 9.68. The lowest BCUT2D eigenvalue weighted by molar-refractivity contribution is -0.148. The standard InChI is InChI=1S/C27H25NO5/c1-15-9-5-6-12-17(15)22-20-21(26(32)28(25(20)31)16-10-3-2-4-11-16)27(33-22)23(29)18-13-7-8-14-19(18)24(27)30/h5-9,12-14,16,20-22H,2-4,10-11H2,1H3/t20-,21-,22+/m0/s1. The smallest absolute Gasteiger partial charge is 0.237 e. The van der Waals surface area contributed by atoms with Gasteiger partial charge in [-0.15, -0.1) is 0 Å². The average molecular weight is 443 g/mol. The van der Waals surface area contributed by atoms with E-state index in [-0.39, 0.29) is 23.1 Å². The van der Waals surface area contributed by atoms with Gasteiger partial charge in [-0.3, -0.25) is 24.1 Å². The first kappa shape index (κ1) is 20.5. The van der Waals surface area contributed by atoms with Crippen molar-refractivity contribution in [1.82, 2.24) is 4.90 Å². The minimum Gasteiger partial charge on any atom is -0.349 e. The number of nitrogens with zero attached hydrogens (tertiary/aromatic N) is 1. The Morgan fingerprint density at radius 3 is 2.06 bits per heavy atom. The van der Waals surface area contributed by atoms with Gasteiger partial charge in [-0.1, -0.05) is 67.8 Å². The van der Waals surface area contributed by atoms with Crippen LogP contribution in [0.1, 0.15) is 70.1 Å². The number of imide groups is 1. The molecule has 2 aliphatic heterocycles. The molecule has 6 heteroatoms. The topological polar surface area (TPSA) is 80.8 Å². The number of ether oxygens (including phenoxy) is 1. The predicted molar refractivity (Wildman–Crippen MR) is 119 cm³/mol. The largest absolute Gasteiger partial charge is 0.349 e. The molecule has 33 heavy (non-hydrogen) atoms. The summed E-state index contributed by atoms with van der Waals surface area (Å²) >= 11 is 0. The van der Waals surface area contributed by atoms with Crippen molar-refractivity contribution in [3.8, 4) is 0 Å². The van der Waals surface area contributed by atoms with Crippen molar-refractivity contribution in [3.63, 3.8) is 0 Å². The summed E-state index contributed by atoms with van der Waals surface area (Å²) < 4.78 is 6.36. The fraction of sp³-hybridized carbons (Fsp3) is 0.407. The Morgan fingerprint density at radius 2 is 1.42 bits per heavy atom. The Bertz CT molecular complexity index is 1180. The first-order valence-electron chi connectivity index (χ1n) is 11.8. The van der Waals surface area contributed by atoms with Crippen LogP contribution in [0.3, 0.4) is 0 Å². The number of Topliss-reactive ketones (excluding diaryl/α,β-unsaturated/α-hetero) is 2. The zero-order chi connectivity index (χ0) is 22.9. The van der Waals surface area contributed by atoms with Gasteiger partial charge in [0.2, 0.25) is 29.0 Å². The molecule has 2 saturated heterocycles. The number of carbonyl (C=O) groups is 4. The molecule has 2 amide bonds. The van der Waals surface area contributed by atoms with Crippen LogP contribution in [0.5, 0.6) is 0 Å². The molecule has 168 valence electrons. The Balaban J connectivity index is 1.52. The third-order valence-electron chi connectivity index (χ3n) is 7.99. The Labute approximate surface area is 191 Å². The van der Waals surface area contributed by atoms with Crippen molar-refractivity contribution in [2.75, 3.05) is 0 Å². The van der Waals surface area contributed by atoms with E-state index < -0.39 is 41.0 Å². The Morgan fingerprint density at radius 1 is 0.818 bits per heavy atom. The molecule has 0 N–H and O–H groups in total. The summed E-state index contributed by atoms with van der Waals surface area (Å²) in [7, 11) is 0. The van der Waals surface area contributed by atoms with E-state index in [1.54, 1.807) is 24.3 Å². The molecule has 0 radical (unpaired) electrons. The van der Waals surface area contributed by atoms with Gasteiger partial charge in [0.05, 0.1) is 17.9 Å². The Kier molecular flexibility index (Phi) is 4.46. The van der Waals surface area contributed by atoms with Gasteiger partial charge in [0, 0.05) is 17.2 Å². The van der Waals surface area contributed by atoms with Gasteiger partial charge in [0.1, 0.15) is 0 Å². The van der Waals surface area contributed by atoms with E-state index in [0.717, 1.165) is 43.2 Å². The van der Waals surface area contributed by atoms with Crippen molar-refractivity contribution >= 4 is 23.4 Å². The number of amides is 2. The van der Waals surface area contributed by atoms with Gasteiger partial charge in [-0.25, -0.2) is 0 Å². The van der Waals surface area contributed by atoms with E-state index in [9.17, 15) is 19.2 Å². The molecule has 0 aromatic heterocycles. The molecule has 2 aromatic rings. The van der Waals surface area contributed by atoms with E-state index >= 15 is 0 Å². The SMILES string of the molecule is Cc1ccccc1[C@H]1OC2(C(=O)c3ccccc3C2=O)[C@@H]2C(=O)N(C3CCCCC3)C(=O)[C@H]12. The summed E-state index contributed by atoms with van der Waals surface area (Å²) in [5, 5.41) is 0. The molecule has 4 aliphatic rings. The summed E-state index contributed by atoms with van der Waals surface area (Å²) in [4.78, 5) is 56.6. The summed E-state index contributed by atoms with van der Waals surface area (Å²) in [6, 6.07) is 13.9. The van der Waals surface area contributed by atoms with Crippen molar-refractivity contribution in [1.29, 1.82) is 0 Å². The van der Waals surface area contributed by atoms with E-state index in [4.69, 9.17) is 4.74 Å². The average Bonchev–Trinajstić information content (AvgIpc) is 3.40. The molecular weight excluding hydrogens is 418 g/mol. The molecule has 2 aromatic carbocycles. The monoisotopic (exact) mass is 443 g/mol. The third kappa shape index (κ3) is 2.58. The zero-order valence-corrected chi connectivity index (χ0v) is 18.5. The molecule has 6 rings (SSSR count). The summed E-state index contributed by atoms with van der Waals surface area (Å²) in [6.45, 7) is 1.91. The normalized spacial score (nSPS) is 28.6. The minimum absolute atomic E-state index is 0.173. The van der Waals surface area contributed by atoms with Crippen LogP contribution in [0.15, 0.2) is 48.5 Å². The first-order chi connectivity index (χ1) is 16.0. The molecule has 3 atom stereocenters. The molecule has 3 fully saturated rings. The lowest BCUT2D eigenvalue weighted by atomic mass is 9.77. The van der Waals surface area contributed by atoms with E-state index in [1.807, 2.05) is 31.2 Å². The number of aryl methyl sites for hydroxylation is 1. The van der Waals surface area contributed by atoms with Crippen LogP contribution in [0, 0.1) is 18.8 Å². The Hall–Kier alpha value is -3.12. The quantitative estimate of drug-likeness (QED) is 0.521. The summed E-state index contributed by atoms with van der Waals surface area (Å²) in [5.74, 6) is -3.76. The maximum Gasteiger partial charge on any atom is 0.237 e. The number of hydrogen-bond acceptors (Lipinski definition) is 5. The first-order valence-corrected chi connectivity index (χ1v) is 11.8. The number of ketones is 2. The lowest BCUT2D eigenvalue weighted by Gasteiger charge is -2.33. The van der Waals surface area contributed by atoms with Gasteiger partial charge in [-0.2, -0.15) is 0 Å². The maximum absolute atomic E-state index is 13.9. The minimum atomic E-state index is -1.97. The summed E-state index contributed by atoms with van der Waals surface area (Å²) in [6.07, 6.45) is 3.71. The molecule has 1 saturated carbocycles. The maximum atomic E-state index is 13.9. The molecular formula is C27H25NO5. The van der Waals surface area contributed by atoms with Gasteiger partial charge < -0.3 is 4.74 Å². The highest BCUT2D eigenvalue weighted by Crippen LogP contribution is 2.58. The van der Waals surface area contributed by atoms with E-state index in [1.165, 1.54) is 4.90 Å². The number of carbonyl (C=O) groups excluding carboxylic acids is 4. The number of likely N-dealkylation sites (tertiary alicyclic amines) is 1. The summed E-state index contributed by atoms with van der Waals surface area (Å²) in [5.41, 5.74) is 0.195. The van der Waals surface area contributed by atoms with Gasteiger partial charge in [0.25, 0.3) is 0 Å². The number of rotatable bonds is 2. The van der Waals surface area contributed by atoms with Crippen LogP contribution in [0.25, 0.3) is 0 Å². The highest BCUT2D eigenvalue weighted by atomic mass is 16.5. The molecule has 1 spiro atoms. The fourth-order valence-electron chi connectivity index (χ4n) is 6.43. The predicted octanol–water partition coefficient (Wildman–Crippen LogP) is 3.82. The van der Waals surface area contributed by atoms with Crippen molar-refractivity contribution in [2.45, 2.75) is 56.8 Å². The second kappa shape index (κ2) is 7.19. The van der Waals surface area contributed by atoms with Crippen molar-refractivity contribution < 1.29 is 23.9 Å². The van der Waals surface area contributed by atoms with Gasteiger partial charge >= 0.3 is 0 Å². The van der Waals surface area contributed by atoms with Gasteiger partial charge in [-0.05, 0) is 30.9 Å². The molecule has 2 aliphatic carbocycles. The number of fused-ring (bicyclic) bond motifs is 3. The molecule has 2 heterocycles. The van der Waals surface area contributed by atoms with Crippen LogP contribution < -0.4 is 0 Å². The number of benzene rings is 2. The molecule has 0 bridgehead atoms. The van der Waals surface area contributed by atoms with E-state index in [2.05, 4.69) is 0 Å². The lowest BCUT2D eigenvalue weighted by Crippen LogP contribution is -2.52. The van der Waals surface area contributed by atoms with Crippen molar-refractivity contribution in [3.05, 3.63) is 70.8 Å². The third-order valence-corrected chi connectivity index (χ3v) is 7.99. The van der Waals surface area contributed by atoms with Crippen LogP contribution in [-0.4, -0.2) is 39.9 Å². The van der Waals surface area contributed by atoms with Gasteiger partial charge in [0.15, 0.2) is 0 Å². The van der Waals surface area contributed by atoms with Crippen LogP contribution in [0.2, 0.25) is 0 Å². The second-order valence-electron chi connectivity index (χ2n) is 9.68. The highest BCUT2D eigenvalue weighted by molar-refractivity contribution is 6.35. The molecule has 6 nitrogen and oxygen atoms in total. The van der Waals surface area contributed by atoms with Crippen LogP contribution >= 0.6 is 0 Å². The zero-order valence-electron chi connectivity index (χ0n) is 18.5. The highest BCUT2D eigenvalue weighted by Gasteiger charge is 2.75. The van der Waals surface area contributed by atoms with Crippen LogP contribution in [0.4, 0.5) is 0 Å². The number of hydrogen-bond donors (Lipinski definition) is 0. The fourth-order valence-corrected chi connectivity index (χ4v) is 6.43. The van der Waals surface area contributed by atoms with Crippen molar-refractivity contribution in [2.24, 2.45) is 11.8 Å².